The molecule has 0 radical (unpaired) electrons. The van der Waals surface area contributed by atoms with E-state index in [1.54, 1.807) is 0 Å². The van der Waals surface area contributed by atoms with E-state index in [2.05, 4.69) is 0 Å². The number of ketones is 1. The Balaban J connectivity index is 4.24. The molecule has 0 aromatic heterocycles. The van der Waals surface area contributed by atoms with Gasteiger partial charge >= 0.3 is 5.97 Å². The summed E-state index contributed by atoms with van der Waals surface area (Å²) >= 11 is 16.3. The number of rotatable bonds is 4. The summed E-state index contributed by atoms with van der Waals surface area (Å²) in [6, 6.07) is 0. The molecule has 3 nitrogen and oxygen atoms in total. The van der Waals surface area contributed by atoms with Crippen molar-refractivity contribution in [1.82, 2.24) is 0 Å². The van der Waals surface area contributed by atoms with E-state index >= 15 is 0 Å². The number of carboxylic acid groups (broad SMARTS) is 1. The average Bonchev–Trinajstić information content (AvgIpc) is 1.85. The van der Waals surface area contributed by atoms with E-state index < -0.39 is 21.5 Å². The maximum absolute atomic E-state index is 10.7. The molecule has 0 aromatic carbocycles. The highest BCUT2D eigenvalue weighted by atomic mass is 35.5. The van der Waals surface area contributed by atoms with Crippen LogP contribution in [0.2, 0.25) is 0 Å². The fourth-order valence-corrected chi connectivity index (χ4v) is 1.15. The molecule has 0 bridgehead atoms. The average molecular weight is 233 g/mol. The molecule has 6 heteroatoms. The van der Waals surface area contributed by atoms with Crippen molar-refractivity contribution in [2.45, 2.75) is 23.1 Å². The first-order valence-electron chi connectivity index (χ1n) is 3.03. The zero-order valence-corrected chi connectivity index (χ0v) is 8.45. The first-order chi connectivity index (χ1) is 5.27. The maximum atomic E-state index is 10.7. The Morgan fingerprint density at radius 1 is 1.50 bits per heavy atom. The highest BCUT2D eigenvalue weighted by Crippen LogP contribution is 2.29. The quantitative estimate of drug-likeness (QED) is 0.754. The van der Waals surface area contributed by atoms with Gasteiger partial charge in [0.15, 0.2) is 10.1 Å². The lowest BCUT2D eigenvalue weighted by molar-refractivity contribution is -0.136. The second kappa shape index (κ2) is 4.30. The first-order valence-corrected chi connectivity index (χ1v) is 4.22. The Bertz CT molecular complexity index is 202. The van der Waals surface area contributed by atoms with Crippen molar-refractivity contribution >= 4 is 46.6 Å². The van der Waals surface area contributed by atoms with Gasteiger partial charge in [0.05, 0.1) is 0 Å². The molecule has 0 aromatic rings. The van der Waals surface area contributed by atoms with E-state index in [1.165, 1.54) is 6.92 Å². The van der Waals surface area contributed by atoms with Crippen LogP contribution in [0.3, 0.4) is 0 Å². The summed E-state index contributed by atoms with van der Waals surface area (Å²) in [4.78, 5) is 20.9. The topological polar surface area (TPSA) is 54.4 Å². The van der Waals surface area contributed by atoms with Crippen molar-refractivity contribution in [3.05, 3.63) is 0 Å². The lowest BCUT2D eigenvalue weighted by atomic mass is 10.2. The predicted octanol–water partition coefficient (Wildman–Crippen LogP) is 1.83. The number of aliphatic carboxylic acids is 1. The van der Waals surface area contributed by atoms with Gasteiger partial charge < -0.3 is 5.11 Å². The van der Waals surface area contributed by atoms with E-state index in [1.807, 2.05) is 0 Å². The van der Waals surface area contributed by atoms with Crippen molar-refractivity contribution in [1.29, 1.82) is 0 Å². The van der Waals surface area contributed by atoms with Gasteiger partial charge in [0, 0.05) is 6.42 Å². The smallest absolute Gasteiger partial charge is 0.321 e. The second-order valence-corrected chi connectivity index (χ2v) is 4.28. The van der Waals surface area contributed by atoms with Gasteiger partial charge in [0.2, 0.25) is 0 Å². The van der Waals surface area contributed by atoms with Crippen molar-refractivity contribution < 1.29 is 14.7 Å². The van der Waals surface area contributed by atoms with Crippen LogP contribution in [0.15, 0.2) is 0 Å². The number of carboxylic acids is 1. The van der Waals surface area contributed by atoms with E-state index in [-0.39, 0.29) is 6.42 Å². The largest absolute Gasteiger partial charge is 0.480 e. The number of Topliss-reactive ketones (excluding diaryl/α,β-unsaturated/α-hetero) is 1. The van der Waals surface area contributed by atoms with E-state index in [4.69, 9.17) is 39.9 Å². The molecule has 0 aliphatic carbocycles. The molecule has 0 saturated carbocycles. The van der Waals surface area contributed by atoms with E-state index in [9.17, 15) is 9.59 Å². The van der Waals surface area contributed by atoms with E-state index in [0.29, 0.717) is 0 Å². The highest BCUT2D eigenvalue weighted by Gasteiger charge is 2.35. The van der Waals surface area contributed by atoms with E-state index in [0.717, 1.165) is 0 Å². The Morgan fingerprint density at radius 2 is 1.92 bits per heavy atom. The van der Waals surface area contributed by atoms with Crippen molar-refractivity contribution in [3.8, 4) is 0 Å². The first kappa shape index (κ1) is 12.0. The molecule has 1 N–H and O–H groups in total. The summed E-state index contributed by atoms with van der Waals surface area (Å²) in [7, 11) is 0. The van der Waals surface area contributed by atoms with Gasteiger partial charge in [-0.3, -0.25) is 9.59 Å². The van der Waals surface area contributed by atoms with Crippen molar-refractivity contribution in [2.75, 3.05) is 0 Å². The number of carbonyl (C=O) groups is 2. The summed E-state index contributed by atoms with van der Waals surface area (Å²) in [5, 5.41) is 7.12. The molecule has 0 rings (SSSR count). The molecule has 1 unspecified atom stereocenters. The van der Waals surface area contributed by atoms with Crippen LogP contribution in [-0.4, -0.2) is 26.6 Å². The van der Waals surface area contributed by atoms with Crippen LogP contribution in [-0.2, 0) is 9.59 Å². The molecular weight excluding hydrogens is 226 g/mol. The van der Waals surface area contributed by atoms with Gasteiger partial charge in [-0.2, -0.15) is 0 Å². The number of hydrogen-bond acceptors (Lipinski definition) is 2. The molecule has 0 spiro atoms. The fourth-order valence-electron chi connectivity index (χ4n) is 0.456. The predicted molar refractivity (Wildman–Crippen MR) is 47.0 cm³/mol. The van der Waals surface area contributed by atoms with Gasteiger partial charge in [0.25, 0.3) is 0 Å². The van der Waals surface area contributed by atoms with Crippen LogP contribution in [0.5, 0.6) is 0 Å². The third-order valence-corrected chi connectivity index (χ3v) is 2.40. The summed E-state index contributed by atoms with van der Waals surface area (Å²) in [6.45, 7) is 1.17. The monoisotopic (exact) mass is 232 g/mol. The zero-order valence-electron chi connectivity index (χ0n) is 6.18. The summed E-state index contributed by atoms with van der Waals surface area (Å²) in [5.74, 6) is -1.76. The van der Waals surface area contributed by atoms with Crippen LogP contribution >= 0.6 is 34.8 Å². The standard InChI is InChI=1S/C6H7Cl3O3/c1-3(10)6(8,9)2-4(7)5(11)12/h4H,2H2,1H3,(H,11,12). The molecule has 70 valence electrons. The molecule has 0 heterocycles. The van der Waals surface area contributed by atoms with Gasteiger partial charge in [-0.25, -0.2) is 0 Å². The molecule has 0 fully saturated rings. The molecule has 12 heavy (non-hydrogen) atoms. The minimum Gasteiger partial charge on any atom is -0.480 e. The second-order valence-electron chi connectivity index (χ2n) is 2.27. The summed E-state index contributed by atoms with van der Waals surface area (Å²) in [5.41, 5.74) is 0. The number of carbonyl (C=O) groups excluding carboxylic acids is 1. The fraction of sp³-hybridized carbons (Fsp3) is 0.667. The van der Waals surface area contributed by atoms with Crippen LogP contribution in [0.1, 0.15) is 13.3 Å². The zero-order chi connectivity index (χ0) is 9.94. The Kier molecular flexibility index (Phi) is 4.31. The summed E-state index contributed by atoms with van der Waals surface area (Å²) < 4.78 is -1.70. The Morgan fingerprint density at radius 3 is 2.17 bits per heavy atom. The number of alkyl halides is 3. The van der Waals surface area contributed by atoms with Gasteiger partial charge in [-0.05, 0) is 6.92 Å². The van der Waals surface area contributed by atoms with Gasteiger partial charge in [-0.15, -0.1) is 11.6 Å². The number of hydrogen-bond donors (Lipinski definition) is 1. The molecule has 0 saturated heterocycles. The number of halogens is 3. The minimum absolute atomic E-state index is 0.303. The third kappa shape index (κ3) is 3.61. The van der Waals surface area contributed by atoms with Crippen LogP contribution in [0.25, 0.3) is 0 Å². The Hall–Kier alpha value is 0.01000. The molecule has 0 aliphatic heterocycles. The molecule has 0 amide bonds. The Labute approximate surface area is 84.6 Å². The molecule has 1 atom stereocenters. The lowest BCUT2D eigenvalue weighted by Crippen LogP contribution is -2.30. The highest BCUT2D eigenvalue weighted by molar-refractivity contribution is 6.58. The van der Waals surface area contributed by atoms with Crippen LogP contribution < -0.4 is 0 Å². The minimum atomic E-state index is -1.70. The SMILES string of the molecule is CC(=O)C(Cl)(Cl)CC(Cl)C(=O)O. The molecular formula is C6H7Cl3O3. The van der Waals surface area contributed by atoms with Crippen molar-refractivity contribution in [3.63, 3.8) is 0 Å². The van der Waals surface area contributed by atoms with Gasteiger partial charge in [0.1, 0.15) is 5.38 Å². The normalized spacial score (nSPS) is 14.0. The summed E-state index contributed by atoms with van der Waals surface area (Å²) in [6.07, 6.45) is -0.303. The van der Waals surface area contributed by atoms with Crippen LogP contribution in [0, 0.1) is 0 Å². The maximum Gasteiger partial charge on any atom is 0.321 e. The van der Waals surface area contributed by atoms with Crippen LogP contribution in [0.4, 0.5) is 0 Å². The van der Waals surface area contributed by atoms with Gasteiger partial charge in [-0.1, -0.05) is 23.2 Å². The lowest BCUT2D eigenvalue weighted by Gasteiger charge is -2.16. The molecule has 0 aliphatic rings. The van der Waals surface area contributed by atoms with Crippen molar-refractivity contribution in [2.24, 2.45) is 0 Å². The third-order valence-electron chi connectivity index (χ3n) is 1.22.